The molecule has 0 aromatic heterocycles. The van der Waals surface area contributed by atoms with Gasteiger partial charge in [0.1, 0.15) is 18.3 Å². The van der Waals surface area contributed by atoms with Crippen molar-refractivity contribution in [1.29, 1.82) is 0 Å². The van der Waals surface area contributed by atoms with Gasteiger partial charge in [0.25, 0.3) is 10.0 Å². The molecule has 3 aromatic rings. The topological polar surface area (TPSA) is 96.0 Å². The van der Waals surface area contributed by atoms with Gasteiger partial charge in [0.2, 0.25) is 11.8 Å². The molecule has 0 spiro atoms. The van der Waals surface area contributed by atoms with Crippen molar-refractivity contribution in [3.05, 3.63) is 87.9 Å². The van der Waals surface area contributed by atoms with Gasteiger partial charge in [0.05, 0.1) is 17.2 Å². The molecule has 0 fully saturated rings. The summed E-state index contributed by atoms with van der Waals surface area (Å²) in [5.41, 5.74) is 1.06. The summed E-state index contributed by atoms with van der Waals surface area (Å²) in [5, 5.41) is 3.22. The van der Waals surface area contributed by atoms with E-state index >= 15 is 0 Å². The third kappa shape index (κ3) is 8.22. The smallest absolute Gasteiger partial charge is 0.264 e. The molecule has 3 rings (SSSR count). The monoisotopic (exact) mass is 649 g/mol. The number of carbonyl (C=O) groups excluding carboxylic acids is 2. The van der Waals surface area contributed by atoms with E-state index in [0.29, 0.717) is 17.4 Å². The molecule has 40 heavy (non-hydrogen) atoms. The van der Waals surface area contributed by atoms with E-state index in [-0.39, 0.29) is 29.1 Å². The van der Waals surface area contributed by atoms with Crippen LogP contribution in [0.15, 0.2) is 82.2 Å². The highest BCUT2D eigenvalue weighted by Crippen LogP contribution is 2.27. The van der Waals surface area contributed by atoms with E-state index in [1.165, 1.54) is 29.2 Å². The normalized spacial score (nSPS) is 12.1. The van der Waals surface area contributed by atoms with Gasteiger partial charge in [-0.25, -0.2) is 8.42 Å². The predicted octanol–water partition coefficient (Wildman–Crippen LogP) is 5.64. The highest BCUT2D eigenvalue weighted by atomic mass is 79.9. The van der Waals surface area contributed by atoms with Gasteiger partial charge in [0.15, 0.2) is 0 Å². The fraction of sp³-hybridized carbons (Fsp3) is 0.310. The van der Waals surface area contributed by atoms with Gasteiger partial charge in [0, 0.05) is 22.1 Å². The van der Waals surface area contributed by atoms with E-state index in [1.54, 1.807) is 31.2 Å². The van der Waals surface area contributed by atoms with Crippen LogP contribution in [0.5, 0.6) is 5.75 Å². The molecule has 11 heteroatoms. The second-order valence-corrected chi connectivity index (χ2v) is 12.6. The van der Waals surface area contributed by atoms with Crippen LogP contribution in [0.3, 0.4) is 0 Å². The van der Waals surface area contributed by atoms with Crippen LogP contribution in [0.1, 0.15) is 33.3 Å². The lowest BCUT2D eigenvalue weighted by Gasteiger charge is -2.32. The molecular weight excluding hydrogens is 618 g/mol. The van der Waals surface area contributed by atoms with Gasteiger partial charge in [-0.3, -0.25) is 13.9 Å². The van der Waals surface area contributed by atoms with E-state index < -0.39 is 28.5 Å². The van der Waals surface area contributed by atoms with Crippen molar-refractivity contribution in [2.24, 2.45) is 0 Å². The highest BCUT2D eigenvalue weighted by molar-refractivity contribution is 9.10. The molecule has 214 valence electrons. The minimum atomic E-state index is -4.19. The van der Waals surface area contributed by atoms with E-state index in [2.05, 4.69) is 21.2 Å². The van der Waals surface area contributed by atoms with E-state index in [4.69, 9.17) is 16.3 Å². The first-order valence-corrected chi connectivity index (χ1v) is 15.4. The molecule has 0 radical (unpaired) electrons. The van der Waals surface area contributed by atoms with Crippen LogP contribution in [0.4, 0.5) is 5.69 Å². The van der Waals surface area contributed by atoms with Gasteiger partial charge in [-0.1, -0.05) is 39.7 Å². The number of carbonyl (C=O) groups is 2. The number of nitrogens with one attached hydrogen (secondary N) is 1. The largest absolute Gasteiger partial charge is 0.494 e. The third-order valence-corrected chi connectivity index (χ3v) is 8.55. The zero-order valence-corrected chi connectivity index (χ0v) is 26.0. The summed E-state index contributed by atoms with van der Waals surface area (Å²) in [6.45, 7) is 7.16. The molecule has 0 bridgehead atoms. The summed E-state index contributed by atoms with van der Waals surface area (Å²) < 4.78 is 35.1. The molecule has 2 amide bonds. The Morgan fingerprint density at radius 3 is 2.10 bits per heavy atom. The molecular formula is C29H33BrClN3O5S. The number of halogens is 2. The SMILES string of the molecule is CCOc1ccc(N(CC(=O)N(Cc2ccc(Br)cc2)[C@@H](C)C(=O)NC(C)C)S(=O)(=O)c2ccc(Cl)cc2)cc1. The van der Waals surface area contributed by atoms with Crippen molar-refractivity contribution in [3.8, 4) is 5.75 Å². The second kappa shape index (κ2) is 14.0. The lowest BCUT2D eigenvalue weighted by atomic mass is 10.1. The van der Waals surface area contributed by atoms with Gasteiger partial charge < -0.3 is 15.0 Å². The van der Waals surface area contributed by atoms with Gasteiger partial charge >= 0.3 is 0 Å². The predicted molar refractivity (Wildman–Crippen MR) is 161 cm³/mol. The van der Waals surface area contributed by atoms with Crippen LogP contribution in [-0.4, -0.2) is 50.4 Å². The number of nitrogens with zero attached hydrogens (tertiary/aromatic N) is 2. The molecule has 0 aliphatic carbocycles. The van der Waals surface area contributed by atoms with Crippen LogP contribution < -0.4 is 14.4 Å². The number of rotatable bonds is 12. The summed E-state index contributed by atoms with van der Waals surface area (Å²) in [4.78, 5) is 28.3. The molecule has 8 nitrogen and oxygen atoms in total. The summed E-state index contributed by atoms with van der Waals surface area (Å²) in [6.07, 6.45) is 0. The molecule has 0 saturated heterocycles. The lowest BCUT2D eigenvalue weighted by molar-refractivity contribution is -0.139. The fourth-order valence-electron chi connectivity index (χ4n) is 3.91. The molecule has 3 aromatic carbocycles. The maximum Gasteiger partial charge on any atom is 0.264 e. The average molecular weight is 651 g/mol. The van der Waals surface area contributed by atoms with E-state index in [1.807, 2.05) is 45.0 Å². The van der Waals surface area contributed by atoms with Crippen LogP contribution in [-0.2, 0) is 26.2 Å². The summed E-state index contributed by atoms with van der Waals surface area (Å²) in [7, 11) is -4.19. The minimum Gasteiger partial charge on any atom is -0.494 e. The Labute approximate surface area is 249 Å². The van der Waals surface area contributed by atoms with Gasteiger partial charge in [-0.2, -0.15) is 0 Å². The number of hydrogen-bond acceptors (Lipinski definition) is 5. The van der Waals surface area contributed by atoms with Crippen LogP contribution in [0.2, 0.25) is 5.02 Å². The second-order valence-electron chi connectivity index (χ2n) is 9.38. The van der Waals surface area contributed by atoms with Crippen molar-refractivity contribution in [2.45, 2.75) is 51.2 Å². The maximum atomic E-state index is 13.9. The number of amides is 2. The number of anilines is 1. The number of hydrogen-bond donors (Lipinski definition) is 1. The maximum absolute atomic E-state index is 13.9. The average Bonchev–Trinajstić information content (AvgIpc) is 2.91. The first-order chi connectivity index (χ1) is 18.9. The van der Waals surface area contributed by atoms with Gasteiger partial charge in [-0.15, -0.1) is 0 Å². The van der Waals surface area contributed by atoms with Crippen LogP contribution in [0.25, 0.3) is 0 Å². The first-order valence-electron chi connectivity index (χ1n) is 12.8. The van der Waals surface area contributed by atoms with Crippen molar-refractivity contribution in [1.82, 2.24) is 10.2 Å². The number of benzene rings is 3. The highest BCUT2D eigenvalue weighted by Gasteiger charge is 2.32. The quantitative estimate of drug-likeness (QED) is 0.274. The Morgan fingerprint density at radius 1 is 0.950 bits per heavy atom. The molecule has 1 atom stereocenters. The third-order valence-electron chi connectivity index (χ3n) is 5.98. The molecule has 0 aliphatic heterocycles. The number of ether oxygens (including phenoxy) is 1. The van der Waals surface area contributed by atoms with Crippen molar-refractivity contribution >= 4 is 55.1 Å². The lowest BCUT2D eigenvalue weighted by Crippen LogP contribution is -2.52. The van der Waals surface area contributed by atoms with E-state index in [0.717, 1.165) is 14.3 Å². The Kier molecular flexibility index (Phi) is 11.0. The summed E-state index contributed by atoms with van der Waals surface area (Å²) in [5.74, 6) is -0.313. The standard InChI is InChI=1S/C29H33BrClN3O5S/c1-5-39-26-14-12-25(13-15-26)34(40(37,38)27-16-10-24(31)11-17-27)19-28(35)33(21(4)29(36)32-20(2)3)18-22-6-8-23(30)9-7-22/h6-17,20-21H,5,18-19H2,1-4H3,(H,32,36)/t21-/m0/s1. The Hall–Kier alpha value is -3.08. The number of sulfonamides is 1. The zero-order chi connectivity index (χ0) is 29.4. The van der Waals surface area contributed by atoms with E-state index in [9.17, 15) is 18.0 Å². The fourth-order valence-corrected chi connectivity index (χ4v) is 5.72. The molecule has 0 unspecified atom stereocenters. The summed E-state index contributed by atoms with van der Waals surface area (Å²) >= 11 is 9.40. The Balaban J connectivity index is 2.02. The molecule has 0 saturated carbocycles. The van der Waals surface area contributed by atoms with Crippen molar-refractivity contribution in [2.75, 3.05) is 17.5 Å². The van der Waals surface area contributed by atoms with Gasteiger partial charge in [-0.05, 0) is 93.9 Å². The van der Waals surface area contributed by atoms with Crippen molar-refractivity contribution in [3.63, 3.8) is 0 Å². The van der Waals surface area contributed by atoms with Crippen LogP contribution in [0, 0.1) is 0 Å². The Morgan fingerprint density at radius 2 is 1.55 bits per heavy atom. The van der Waals surface area contributed by atoms with Crippen molar-refractivity contribution < 1.29 is 22.7 Å². The Bertz CT molecular complexity index is 1400. The molecule has 0 heterocycles. The molecule has 0 aliphatic rings. The molecule has 1 N–H and O–H groups in total. The van der Waals surface area contributed by atoms with Crippen LogP contribution >= 0.6 is 27.5 Å². The minimum absolute atomic E-state index is 0.0244. The summed E-state index contributed by atoms with van der Waals surface area (Å²) in [6, 6.07) is 18.6. The first kappa shape index (κ1) is 31.4. The zero-order valence-electron chi connectivity index (χ0n) is 22.8.